The highest BCUT2D eigenvalue weighted by Crippen LogP contribution is 2.66. The van der Waals surface area contributed by atoms with Gasteiger partial charge in [0, 0.05) is 20.2 Å². The molecule has 19 aromatic rings. The van der Waals surface area contributed by atoms with Gasteiger partial charge >= 0.3 is 7.12 Å². The van der Waals surface area contributed by atoms with Crippen molar-refractivity contribution in [2.24, 2.45) is 0 Å². The predicted octanol–water partition coefficient (Wildman–Crippen LogP) is 24.3. The summed E-state index contributed by atoms with van der Waals surface area (Å²) in [6.07, 6.45) is 0.791. The summed E-state index contributed by atoms with van der Waals surface area (Å²) in [5.74, 6) is 0. The van der Waals surface area contributed by atoms with Gasteiger partial charge in [-0.05, 0) is 242 Å². The van der Waals surface area contributed by atoms with Crippen LogP contribution in [0.25, 0.3) is 152 Å². The molecule has 104 heavy (non-hydrogen) atoms. The lowest BCUT2D eigenvalue weighted by atomic mass is 9.70. The molecular weight excluding hydrogens is 1280 g/mol. The molecule has 0 radical (unpaired) electrons. The van der Waals surface area contributed by atoms with Crippen LogP contribution in [0, 0.1) is 6.92 Å². The van der Waals surface area contributed by atoms with Crippen LogP contribution in [0.3, 0.4) is 0 Å². The average molecular weight is 1340 g/mol. The van der Waals surface area contributed by atoms with Gasteiger partial charge in [0.2, 0.25) is 0 Å². The molecule has 0 bridgehead atoms. The van der Waals surface area contributed by atoms with Crippen molar-refractivity contribution >= 4 is 109 Å². The van der Waals surface area contributed by atoms with Crippen molar-refractivity contribution in [2.75, 3.05) is 0 Å². The first-order chi connectivity index (χ1) is 51.3. The first kappa shape index (κ1) is 59.4. The van der Waals surface area contributed by atoms with Crippen LogP contribution in [-0.4, -0.2) is 17.2 Å². The summed E-state index contributed by atoms with van der Waals surface area (Å²) in [7, 11) is -1.38. The molecule has 0 saturated carbocycles. The van der Waals surface area contributed by atoms with Crippen molar-refractivity contribution < 1.29 is 10.0 Å². The third kappa shape index (κ3) is 8.08. The van der Waals surface area contributed by atoms with E-state index in [1.54, 1.807) is 6.07 Å². The molecule has 1 heterocycles. The zero-order chi connectivity index (χ0) is 68.7. The zero-order valence-corrected chi connectivity index (χ0v) is 57.7. The molecule has 5 aliphatic rings. The summed E-state index contributed by atoms with van der Waals surface area (Å²) in [5, 5.41) is 37.2. The van der Waals surface area contributed by atoms with Gasteiger partial charge in [0.25, 0.3) is 0 Å². The van der Waals surface area contributed by atoms with Crippen LogP contribution in [0.1, 0.15) is 61.2 Å². The molecule has 18 aromatic carbocycles. The van der Waals surface area contributed by atoms with Gasteiger partial charge in [-0.2, -0.15) is 0 Å². The van der Waals surface area contributed by atoms with E-state index in [1.165, 1.54) is 202 Å². The van der Waals surface area contributed by atoms with E-state index < -0.39 is 7.12 Å². The van der Waals surface area contributed by atoms with Crippen LogP contribution in [-0.2, 0) is 17.3 Å². The normalized spacial score (nSPS) is 13.6. The third-order valence-electron chi connectivity index (χ3n) is 23.9. The van der Waals surface area contributed by atoms with Crippen molar-refractivity contribution in [2.45, 2.75) is 24.2 Å². The van der Waals surface area contributed by atoms with Gasteiger partial charge in [-0.15, -0.1) is 11.3 Å². The number of hydrogen-bond acceptors (Lipinski definition) is 3. The smallest absolute Gasteiger partial charge is 0.423 e. The highest BCUT2D eigenvalue weighted by molar-refractivity contribution is 7.26. The first-order valence-electron chi connectivity index (χ1n) is 36.2. The molecule has 0 fully saturated rings. The standard InChI is InChI=1S/C49H28S.C38H24.C13H11BO2/c1-2-13-32-31(12-1)39-26-29(30-18-11-19-38-37-17-6-10-23-47(37)50-48(30)38)24-25-33(39)41-28-46-42(27-40(32)41)36-16-5-9-22-45(36)49(46)43-20-7-3-14-34(43)35-15-4-8-21-44(35)49;1-23-18-19-26-30(20-23)24-10-2-3-11-25(24)31-21-33-29-14-6-9-17-36(29)38(37(33)22-32(26)31)34-15-7-4-12-27(34)28-13-5-8-16-35(28)38;15-14(16)13-7-3-6-11-10-5-2-1-4-9(10)8-12(11)13/h1-28H;2-22H,1H3;1-7,15-16H,8H2. The fourth-order valence-electron chi connectivity index (χ4n) is 19.8. The second kappa shape index (κ2) is 22.4. The van der Waals surface area contributed by atoms with Crippen molar-refractivity contribution in [3.63, 3.8) is 0 Å². The van der Waals surface area contributed by atoms with E-state index in [2.05, 4.69) is 316 Å². The minimum Gasteiger partial charge on any atom is -0.423 e. The Kier molecular flexibility index (Phi) is 12.8. The summed E-state index contributed by atoms with van der Waals surface area (Å²) in [4.78, 5) is 0. The molecule has 2 spiro atoms. The maximum Gasteiger partial charge on any atom is 0.488 e. The van der Waals surface area contributed by atoms with Gasteiger partial charge in [0.1, 0.15) is 0 Å². The highest BCUT2D eigenvalue weighted by Gasteiger charge is 2.53. The Bertz CT molecular complexity index is 6880. The topological polar surface area (TPSA) is 40.5 Å². The second-order valence-electron chi connectivity index (χ2n) is 28.9. The lowest BCUT2D eigenvalue weighted by Crippen LogP contribution is -2.32. The second-order valence-corrected chi connectivity index (χ2v) is 30.0. The number of thiophene rings is 1. The molecule has 1 aromatic heterocycles. The Morgan fingerprint density at radius 3 is 1.12 bits per heavy atom. The lowest BCUT2D eigenvalue weighted by molar-refractivity contribution is 0.425. The van der Waals surface area contributed by atoms with Crippen LogP contribution < -0.4 is 5.46 Å². The molecule has 0 saturated heterocycles. The first-order valence-corrected chi connectivity index (χ1v) is 37.0. The summed E-state index contributed by atoms with van der Waals surface area (Å²) < 4.78 is 2.69. The van der Waals surface area contributed by atoms with Crippen molar-refractivity contribution in [1.82, 2.24) is 0 Å². The fourth-order valence-corrected chi connectivity index (χ4v) is 21.0. The monoisotopic (exact) mass is 1340 g/mol. The van der Waals surface area contributed by atoms with Crippen molar-refractivity contribution in [1.29, 1.82) is 0 Å². The van der Waals surface area contributed by atoms with Crippen LogP contribution in [0.2, 0.25) is 0 Å². The Morgan fingerprint density at radius 2 is 0.615 bits per heavy atom. The van der Waals surface area contributed by atoms with Gasteiger partial charge in [0.15, 0.2) is 0 Å². The van der Waals surface area contributed by atoms with Crippen molar-refractivity contribution in [3.05, 3.63) is 401 Å². The number of benzene rings is 18. The molecule has 2 N–H and O–H groups in total. The van der Waals surface area contributed by atoms with Crippen LogP contribution in [0.15, 0.2) is 340 Å². The maximum atomic E-state index is 9.32. The highest BCUT2D eigenvalue weighted by atomic mass is 32.1. The SMILES string of the molecule is Cc1ccc2c(c1)c1ccccc1c1cc3c(cc21)C1(c2ccccc2-c2ccccc21)c1ccccc1-3.OB(O)c1cccc2c1Cc1ccccc1-2.c1ccc2c(c1)-c1ccccc1C21c2ccccc2-c2cc3c4ccccc4c4cc(-c5cccc6c5sc5ccccc56)ccc4c3cc21. The minimum absolute atomic E-state index is 0.310. The van der Waals surface area contributed by atoms with E-state index in [0.29, 0.717) is 5.46 Å². The summed E-state index contributed by atoms with van der Waals surface area (Å²) in [6, 6.07) is 126. The largest absolute Gasteiger partial charge is 0.488 e. The molecule has 5 aliphatic carbocycles. The Morgan fingerprint density at radius 1 is 0.260 bits per heavy atom. The van der Waals surface area contributed by atoms with E-state index in [0.717, 1.165) is 17.5 Å². The Labute approximate surface area is 606 Å². The van der Waals surface area contributed by atoms with Crippen LogP contribution in [0.4, 0.5) is 0 Å². The van der Waals surface area contributed by atoms with Gasteiger partial charge < -0.3 is 10.0 Å². The number of rotatable bonds is 2. The minimum atomic E-state index is -1.38. The Hall–Kier alpha value is -12.3. The fraction of sp³-hybridized carbons (Fsp3) is 0.0400. The van der Waals surface area contributed by atoms with E-state index >= 15 is 0 Å². The summed E-state index contributed by atoms with van der Waals surface area (Å²) >= 11 is 1.90. The van der Waals surface area contributed by atoms with Gasteiger partial charge in [-0.25, -0.2) is 0 Å². The quantitative estimate of drug-likeness (QED) is 0.134. The molecular formula is C100H63BO2S. The maximum absolute atomic E-state index is 9.32. The molecule has 2 nitrogen and oxygen atoms in total. The van der Waals surface area contributed by atoms with Gasteiger partial charge in [-0.1, -0.05) is 309 Å². The molecule has 24 rings (SSSR count). The van der Waals surface area contributed by atoms with E-state index in [9.17, 15) is 10.0 Å². The van der Waals surface area contributed by atoms with Gasteiger partial charge in [-0.3, -0.25) is 0 Å². The summed E-state index contributed by atoms with van der Waals surface area (Å²) in [5.41, 5.74) is 30.4. The number of hydrogen-bond donors (Lipinski definition) is 2. The molecule has 0 aliphatic heterocycles. The number of aryl methyl sites for hydroxylation is 1. The molecule has 484 valence electrons. The summed E-state index contributed by atoms with van der Waals surface area (Å²) in [6.45, 7) is 2.19. The molecule has 0 amide bonds. The van der Waals surface area contributed by atoms with Gasteiger partial charge in [0.05, 0.1) is 10.8 Å². The molecule has 0 unspecified atom stereocenters. The Balaban J connectivity index is 0.000000110. The van der Waals surface area contributed by atoms with E-state index in [4.69, 9.17) is 0 Å². The molecule has 0 atom stereocenters. The van der Waals surface area contributed by atoms with E-state index in [-0.39, 0.29) is 10.8 Å². The third-order valence-corrected chi connectivity index (χ3v) is 25.2. The molecule has 4 heteroatoms. The van der Waals surface area contributed by atoms with Crippen LogP contribution in [0.5, 0.6) is 0 Å². The number of fused-ring (bicyclic) bond motifs is 38. The van der Waals surface area contributed by atoms with Crippen molar-refractivity contribution in [3.8, 4) is 66.8 Å². The van der Waals surface area contributed by atoms with Crippen LogP contribution >= 0.6 is 11.3 Å². The van der Waals surface area contributed by atoms with E-state index in [1.807, 2.05) is 35.6 Å². The lowest BCUT2D eigenvalue weighted by Gasteiger charge is -2.30. The zero-order valence-electron chi connectivity index (χ0n) is 56.9. The average Bonchev–Trinajstić information content (AvgIpc) is 1.49. The predicted molar refractivity (Wildman–Crippen MR) is 438 cm³/mol.